The number of hydrogen-bond acceptors (Lipinski definition) is 9. The largest absolute Gasteiger partial charge is 0.451 e. The maximum absolute atomic E-state index is 13.0. The number of amides is 1. The number of carbonyl (C=O) groups is 1. The van der Waals surface area contributed by atoms with Crippen LogP contribution in [0.5, 0.6) is 0 Å². The summed E-state index contributed by atoms with van der Waals surface area (Å²) >= 11 is 0. The number of methoxy groups -OCH3 is 1. The highest BCUT2D eigenvalue weighted by molar-refractivity contribution is 5.92. The Bertz CT molecular complexity index is 1620. The molecule has 1 amide bonds. The maximum atomic E-state index is 13.0. The molecule has 0 spiro atoms. The molecule has 0 saturated carbocycles. The zero-order valence-electron chi connectivity index (χ0n) is 21.9. The van der Waals surface area contributed by atoms with Gasteiger partial charge in [0.1, 0.15) is 23.2 Å². The molecule has 2 aliphatic rings. The Kier molecular flexibility index (Phi) is 6.66. The summed E-state index contributed by atoms with van der Waals surface area (Å²) in [6.45, 7) is 1.61. The van der Waals surface area contributed by atoms with Crippen LogP contribution in [0.15, 0.2) is 43.2 Å². The Hall–Kier alpha value is -4.42. The molecule has 2 aliphatic heterocycles. The van der Waals surface area contributed by atoms with Crippen molar-refractivity contribution in [1.29, 1.82) is 5.26 Å². The number of aromatic nitrogens is 7. The van der Waals surface area contributed by atoms with E-state index in [4.69, 9.17) is 4.74 Å². The van der Waals surface area contributed by atoms with Crippen LogP contribution < -0.4 is 0 Å². The third-order valence-electron chi connectivity index (χ3n) is 7.81. The number of nitrogens with zero attached hydrogens (tertiary/aromatic N) is 9. The quantitative estimate of drug-likeness (QED) is 0.373. The van der Waals surface area contributed by atoms with Crippen LogP contribution in [0.1, 0.15) is 29.2 Å². The van der Waals surface area contributed by atoms with Crippen LogP contribution in [-0.4, -0.2) is 95.8 Å². The molecule has 1 N–H and O–H groups in total. The van der Waals surface area contributed by atoms with Crippen molar-refractivity contribution in [3.8, 4) is 17.3 Å². The molecule has 12 nitrogen and oxygen atoms in total. The summed E-state index contributed by atoms with van der Waals surface area (Å²) < 4.78 is 46.7. The van der Waals surface area contributed by atoms with E-state index in [1.165, 1.54) is 17.3 Å². The summed E-state index contributed by atoms with van der Waals surface area (Å²) in [7, 11) is 1.55. The van der Waals surface area contributed by atoms with E-state index in [1.807, 2.05) is 16.9 Å². The van der Waals surface area contributed by atoms with E-state index in [9.17, 15) is 23.2 Å². The van der Waals surface area contributed by atoms with Crippen molar-refractivity contribution >= 4 is 16.9 Å². The lowest BCUT2D eigenvalue weighted by Crippen LogP contribution is -2.69. The molecule has 2 atom stereocenters. The standard InChI is InChI=1S/C26H25F3N10O2/c1-41-20-12-37(23(40)18-3-8-32-24(36-18)26(27,28)29)9-4-19(20)38-13-25(14-38,5-6-30)39-11-16(10-35-39)21-17-2-7-31-22(17)34-15-33-21/h2-3,7-8,10-11,15,19-20H,4-5,9,12-14H2,1H3,(H,31,33,34)/t19-,20+/m1/s1. The van der Waals surface area contributed by atoms with Gasteiger partial charge in [-0.3, -0.25) is 14.4 Å². The van der Waals surface area contributed by atoms with Gasteiger partial charge in [-0.25, -0.2) is 19.9 Å². The second kappa shape index (κ2) is 10.2. The normalized spacial score (nSPS) is 21.0. The molecule has 0 radical (unpaired) electrons. The summed E-state index contributed by atoms with van der Waals surface area (Å²) in [4.78, 5) is 35.1. The maximum Gasteiger partial charge on any atom is 0.451 e. The minimum absolute atomic E-state index is 0.0524. The molecule has 0 aliphatic carbocycles. The molecular formula is C26H25F3N10O2. The highest BCUT2D eigenvalue weighted by Crippen LogP contribution is 2.38. The molecule has 0 bridgehead atoms. The summed E-state index contributed by atoms with van der Waals surface area (Å²) in [6.07, 6.45) is 3.52. The Labute approximate surface area is 231 Å². The van der Waals surface area contributed by atoms with Crippen molar-refractivity contribution in [2.24, 2.45) is 0 Å². The van der Waals surface area contributed by atoms with Gasteiger partial charge < -0.3 is 14.6 Å². The molecule has 41 heavy (non-hydrogen) atoms. The molecule has 6 rings (SSSR count). The van der Waals surface area contributed by atoms with Gasteiger partial charge in [0.05, 0.1) is 30.5 Å². The van der Waals surface area contributed by atoms with Crippen molar-refractivity contribution in [1.82, 2.24) is 44.5 Å². The average molecular weight is 567 g/mol. The van der Waals surface area contributed by atoms with Crippen LogP contribution in [0.4, 0.5) is 13.2 Å². The number of hydrogen-bond donors (Lipinski definition) is 1. The van der Waals surface area contributed by atoms with Gasteiger partial charge in [0, 0.05) is 68.9 Å². The number of ether oxygens (including phenoxy) is 1. The van der Waals surface area contributed by atoms with E-state index in [0.717, 1.165) is 28.5 Å². The van der Waals surface area contributed by atoms with Gasteiger partial charge in [0.2, 0.25) is 5.82 Å². The predicted molar refractivity (Wildman–Crippen MR) is 137 cm³/mol. The van der Waals surface area contributed by atoms with Crippen LogP contribution in [0.3, 0.4) is 0 Å². The number of H-pyrrole nitrogens is 1. The minimum Gasteiger partial charge on any atom is -0.378 e. The number of rotatable bonds is 6. The van der Waals surface area contributed by atoms with Crippen molar-refractivity contribution in [3.63, 3.8) is 0 Å². The van der Waals surface area contributed by atoms with Gasteiger partial charge in [-0.1, -0.05) is 0 Å². The number of likely N-dealkylation sites (tertiary alicyclic amines) is 2. The summed E-state index contributed by atoms with van der Waals surface area (Å²) in [6, 6.07) is 5.32. The molecular weight excluding hydrogens is 541 g/mol. The topological polar surface area (TPSA) is 142 Å². The van der Waals surface area contributed by atoms with Gasteiger partial charge in [0.25, 0.3) is 5.91 Å². The first-order valence-corrected chi connectivity index (χ1v) is 12.9. The van der Waals surface area contributed by atoms with E-state index < -0.39 is 23.4 Å². The van der Waals surface area contributed by atoms with Crippen molar-refractivity contribution in [2.45, 2.75) is 36.7 Å². The highest BCUT2D eigenvalue weighted by Gasteiger charge is 2.50. The fourth-order valence-corrected chi connectivity index (χ4v) is 5.75. The molecule has 4 aromatic heterocycles. The van der Waals surface area contributed by atoms with Crippen molar-refractivity contribution in [2.75, 3.05) is 33.3 Å². The Morgan fingerprint density at radius 1 is 1.27 bits per heavy atom. The van der Waals surface area contributed by atoms with E-state index >= 15 is 0 Å². The monoisotopic (exact) mass is 566 g/mol. The van der Waals surface area contributed by atoms with Crippen LogP contribution >= 0.6 is 0 Å². The molecule has 2 fully saturated rings. The summed E-state index contributed by atoms with van der Waals surface area (Å²) in [5.74, 6) is -1.96. The molecule has 4 aromatic rings. The number of aromatic amines is 1. The number of carbonyl (C=O) groups excluding carboxylic acids is 1. The number of fused-ring (bicyclic) bond motifs is 1. The third kappa shape index (κ3) is 4.78. The first-order valence-electron chi connectivity index (χ1n) is 12.9. The molecule has 212 valence electrons. The smallest absolute Gasteiger partial charge is 0.378 e. The zero-order valence-corrected chi connectivity index (χ0v) is 21.9. The van der Waals surface area contributed by atoms with Crippen molar-refractivity contribution < 1.29 is 22.7 Å². The summed E-state index contributed by atoms with van der Waals surface area (Å²) in [5, 5.41) is 15.1. The van der Waals surface area contributed by atoms with Gasteiger partial charge in [0.15, 0.2) is 0 Å². The van der Waals surface area contributed by atoms with Crippen LogP contribution in [0, 0.1) is 11.3 Å². The van der Waals surface area contributed by atoms with Gasteiger partial charge in [-0.05, 0) is 18.6 Å². The first-order chi connectivity index (χ1) is 19.7. The fourth-order valence-electron chi connectivity index (χ4n) is 5.75. The predicted octanol–water partition coefficient (Wildman–Crippen LogP) is 2.48. The van der Waals surface area contributed by atoms with E-state index in [-0.39, 0.29) is 30.8 Å². The second-order valence-electron chi connectivity index (χ2n) is 10.2. The average Bonchev–Trinajstić information content (AvgIpc) is 3.64. The van der Waals surface area contributed by atoms with E-state index in [2.05, 4.69) is 41.0 Å². The SMILES string of the molecule is CO[C@H]1CN(C(=O)c2ccnc(C(F)(F)F)n2)CC[C@H]1N1CC(CC#N)(n2cc(-c3ncnc4[nH]ccc34)cn2)C1. The molecule has 0 aromatic carbocycles. The lowest BCUT2D eigenvalue weighted by Gasteiger charge is -2.55. The zero-order chi connectivity index (χ0) is 28.8. The van der Waals surface area contributed by atoms with E-state index in [0.29, 0.717) is 26.1 Å². The van der Waals surface area contributed by atoms with Gasteiger partial charge >= 0.3 is 6.18 Å². The van der Waals surface area contributed by atoms with Crippen LogP contribution in [0.2, 0.25) is 0 Å². The molecule has 15 heteroatoms. The highest BCUT2D eigenvalue weighted by atomic mass is 19.4. The van der Waals surface area contributed by atoms with Gasteiger partial charge in [-0.2, -0.15) is 23.5 Å². The Morgan fingerprint density at radius 3 is 2.85 bits per heavy atom. The van der Waals surface area contributed by atoms with E-state index in [1.54, 1.807) is 19.5 Å². The van der Waals surface area contributed by atoms with Crippen LogP contribution in [-0.2, 0) is 16.5 Å². The first kappa shape index (κ1) is 26.8. The van der Waals surface area contributed by atoms with Gasteiger partial charge in [-0.15, -0.1) is 0 Å². The minimum atomic E-state index is -4.75. The Balaban J connectivity index is 1.16. The lowest BCUT2D eigenvalue weighted by atomic mass is 9.83. The fraction of sp³-hybridized carbons (Fsp3) is 0.423. The van der Waals surface area contributed by atoms with Crippen molar-refractivity contribution in [3.05, 3.63) is 54.8 Å². The van der Waals surface area contributed by atoms with Crippen LogP contribution in [0.25, 0.3) is 22.3 Å². The third-order valence-corrected chi connectivity index (χ3v) is 7.81. The number of halogens is 3. The Morgan fingerprint density at radius 2 is 2.10 bits per heavy atom. The number of nitrogens with one attached hydrogen (secondary N) is 1. The molecule has 2 saturated heterocycles. The lowest BCUT2D eigenvalue weighted by molar-refractivity contribution is -0.145. The summed E-state index contributed by atoms with van der Waals surface area (Å²) in [5.41, 5.74) is 1.42. The molecule has 6 heterocycles. The second-order valence-corrected chi connectivity index (χ2v) is 10.2. The number of piperidine rings is 1. The number of alkyl halides is 3. The number of nitriles is 1. The molecule has 0 unspecified atom stereocenters.